The van der Waals surface area contributed by atoms with Gasteiger partial charge in [-0.3, -0.25) is 14.4 Å². The molecular weight excluding hydrogens is 589 g/mol. The van der Waals surface area contributed by atoms with Crippen molar-refractivity contribution in [3.63, 3.8) is 0 Å². The Morgan fingerprint density at radius 3 is 1.32 bits per heavy atom. The Balaban J connectivity index is 0.00000370. The van der Waals surface area contributed by atoms with E-state index in [1.165, 1.54) is 15.9 Å². The molecule has 1 aliphatic rings. The van der Waals surface area contributed by atoms with Gasteiger partial charge in [0.2, 0.25) is 0 Å². The summed E-state index contributed by atoms with van der Waals surface area (Å²) < 4.78 is 11.7. The molecule has 1 heterocycles. The fraction of sp³-hybridized carbons (Fsp3) is 0.188. The second-order valence-corrected chi connectivity index (χ2v) is 12.7. The molecule has 0 unspecified atom stereocenters. The molecule has 4 aromatic carbocycles. The second-order valence-electron chi connectivity index (χ2n) is 9.05. The molecular formula is C32H31BrNO5P. The van der Waals surface area contributed by atoms with E-state index < -0.39 is 19.1 Å². The predicted octanol–water partition coefficient (Wildman–Crippen LogP) is 1.25. The molecule has 0 atom stereocenters. The van der Waals surface area contributed by atoms with Crippen LogP contribution in [0.1, 0.15) is 20.7 Å². The van der Waals surface area contributed by atoms with Gasteiger partial charge in [0.15, 0.2) is 0 Å². The molecule has 8 heteroatoms. The summed E-state index contributed by atoms with van der Waals surface area (Å²) in [5.74, 6) is -0.887. The van der Waals surface area contributed by atoms with Crippen molar-refractivity contribution >= 4 is 35.0 Å². The Hall–Kier alpha value is -3.19. The van der Waals surface area contributed by atoms with Crippen molar-refractivity contribution in [2.75, 3.05) is 39.2 Å². The molecule has 0 saturated carbocycles. The van der Waals surface area contributed by atoms with Crippen molar-refractivity contribution in [3.05, 3.63) is 126 Å². The molecule has 40 heavy (non-hydrogen) atoms. The average Bonchev–Trinajstić information content (AvgIpc) is 3.24. The molecule has 206 valence electrons. The molecule has 5 rings (SSSR count). The van der Waals surface area contributed by atoms with Crippen molar-refractivity contribution in [1.82, 2.24) is 5.06 Å². The number of imide groups is 1. The first kappa shape index (κ1) is 29.8. The van der Waals surface area contributed by atoms with E-state index in [1.54, 1.807) is 24.3 Å². The highest BCUT2D eigenvalue weighted by atomic mass is 79.9. The second kappa shape index (κ2) is 14.4. The molecule has 0 bridgehead atoms. The normalized spacial score (nSPS) is 12.8. The molecule has 1 aliphatic heterocycles. The topological polar surface area (TPSA) is 65.1 Å². The Morgan fingerprint density at radius 1 is 0.500 bits per heavy atom. The lowest BCUT2D eigenvalue weighted by atomic mass is 10.1. The average molecular weight is 620 g/mol. The Bertz CT molecular complexity index is 1260. The number of amides is 2. The summed E-state index contributed by atoms with van der Waals surface area (Å²) in [6.45, 7) is 1.74. The van der Waals surface area contributed by atoms with E-state index in [0.29, 0.717) is 30.9 Å². The van der Waals surface area contributed by atoms with Crippen LogP contribution in [-0.2, 0) is 14.3 Å². The number of nitrogens with zero attached hydrogens (tertiary/aromatic N) is 1. The quantitative estimate of drug-likeness (QED) is 0.128. The largest absolute Gasteiger partial charge is 1.00 e. The molecule has 2 amide bonds. The van der Waals surface area contributed by atoms with Crippen LogP contribution in [0.15, 0.2) is 115 Å². The molecule has 0 saturated heterocycles. The summed E-state index contributed by atoms with van der Waals surface area (Å²) in [6.07, 6.45) is 0.869. The van der Waals surface area contributed by atoms with Crippen LogP contribution in [0.3, 0.4) is 0 Å². The van der Waals surface area contributed by atoms with Crippen LogP contribution in [0.25, 0.3) is 0 Å². The van der Waals surface area contributed by atoms with Gasteiger partial charge in [-0.25, -0.2) is 0 Å². The zero-order valence-corrected chi connectivity index (χ0v) is 24.5. The van der Waals surface area contributed by atoms with Gasteiger partial charge in [0.05, 0.1) is 50.3 Å². The lowest BCUT2D eigenvalue weighted by molar-refractivity contribution is -0.107. The van der Waals surface area contributed by atoms with Gasteiger partial charge in [0, 0.05) is 0 Å². The lowest BCUT2D eigenvalue weighted by Gasteiger charge is -2.27. The summed E-state index contributed by atoms with van der Waals surface area (Å²) in [6, 6.07) is 38.9. The number of hydrogen-bond acceptors (Lipinski definition) is 5. The monoisotopic (exact) mass is 619 g/mol. The first-order valence-electron chi connectivity index (χ1n) is 13.0. The van der Waals surface area contributed by atoms with Crippen LogP contribution in [0.4, 0.5) is 0 Å². The van der Waals surface area contributed by atoms with Crippen molar-refractivity contribution in [1.29, 1.82) is 0 Å². The van der Waals surface area contributed by atoms with Gasteiger partial charge >= 0.3 is 0 Å². The van der Waals surface area contributed by atoms with Gasteiger partial charge in [0.25, 0.3) is 11.8 Å². The van der Waals surface area contributed by atoms with Crippen LogP contribution < -0.4 is 32.9 Å². The molecule has 0 aromatic heterocycles. The van der Waals surface area contributed by atoms with Crippen LogP contribution in [0.5, 0.6) is 0 Å². The third-order valence-electron chi connectivity index (χ3n) is 6.74. The molecule has 6 nitrogen and oxygen atoms in total. The molecule has 0 N–H and O–H groups in total. The maximum absolute atomic E-state index is 12.4. The van der Waals surface area contributed by atoms with E-state index in [-0.39, 0.29) is 30.2 Å². The third-order valence-corrected chi connectivity index (χ3v) is 11.1. The number of benzene rings is 4. The van der Waals surface area contributed by atoms with Crippen molar-refractivity contribution in [2.24, 2.45) is 0 Å². The van der Waals surface area contributed by atoms with Crippen molar-refractivity contribution in [2.45, 2.75) is 0 Å². The Morgan fingerprint density at radius 2 is 0.875 bits per heavy atom. The standard InChI is InChI=1S/C32H31NO5P.BrH/c34-31-29-18-10-11-19-30(29)32(35)33(31)38-23-22-36-20-21-37-24-25-39(26-12-4-1-5-13-26,27-14-6-2-7-15-27)28-16-8-3-9-17-28;/h1-19H,20-25H2;1H/q+1;/p-1. The molecule has 4 aromatic rings. The number of carbonyl (C=O) groups is 2. The molecule has 0 aliphatic carbocycles. The number of halogens is 1. The summed E-state index contributed by atoms with van der Waals surface area (Å²) in [4.78, 5) is 30.1. The number of ether oxygens (including phenoxy) is 2. The SMILES string of the molecule is O=C1c2ccccc2C(=O)N1OCCOCCOCC[P+](c1ccccc1)(c1ccccc1)c1ccccc1.[Br-]. The van der Waals surface area contributed by atoms with Crippen LogP contribution in [0, 0.1) is 0 Å². The van der Waals surface area contributed by atoms with E-state index in [4.69, 9.17) is 14.3 Å². The van der Waals surface area contributed by atoms with Gasteiger partial charge in [-0.2, -0.15) is 0 Å². The number of rotatable bonds is 13. The van der Waals surface area contributed by atoms with Crippen molar-refractivity contribution < 1.29 is 40.9 Å². The molecule has 0 fully saturated rings. The smallest absolute Gasteiger partial charge is 0.285 e. The zero-order valence-electron chi connectivity index (χ0n) is 22.0. The highest BCUT2D eigenvalue weighted by molar-refractivity contribution is 7.95. The fourth-order valence-electron chi connectivity index (χ4n) is 4.88. The highest BCUT2D eigenvalue weighted by Gasteiger charge is 2.44. The first-order chi connectivity index (χ1) is 19.2. The summed E-state index contributed by atoms with van der Waals surface area (Å²) >= 11 is 0. The number of hydroxylamine groups is 2. The van der Waals surface area contributed by atoms with Crippen LogP contribution >= 0.6 is 7.26 Å². The number of fused-ring (bicyclic) bond motifs is 1. The molecule has 0 spiro atoms. The third kappa shape index (κ3) is 6.41. The van der Waals surface area contributed by atoms with Gasteiger partial charge in [-0.15, -0.1) is 5.06 Å². The van der Waals surface area contributed by atoms with E-state index in [0.717, 1.165) is 11.2 Å². The van der Waals surface area contributed by atoms with Gasteiger partial charge < -0.3 is 26.5 Å². The van der Waals surface area contributed by atoms with E-state index in [1.807, 2.05) is 0 Å². The van der Waals surface area contributed by atoms with E-state index in [2.05, 4.69) is 91.0 Å². The minimum Gasteiger partial charge on any atom is -1.00 e. The van der Waals surface area contributed by atoms with Gasteiger partial charge in [0.1, 0.15) is 23.2 Å². The van der Waals surface area contributed by atoms with Crippen LogP contribution in [-0.4, -0.2) is 56.1 Å². The maximum atomic E-state index is 12.4. The fourth-order valence-corrected chi connectivity index (χ4v) is 8.99. The minimum absolute atomic E-state index is 0. The lowest BCUT2D eigenvalue weighted by Crippen LogP contribution is -3.00. The highest BCUT2D eigenvalue weighted by Crippen LogP contribution is 2.54. The Kier molecular flexibility index (Phi) is 10.8. The predicted molar refractivity (Wildman–Crippen MR) is 155 cm³/mol. The van der Waals surface area contributed by atoms with Crippen molar-refractivity contribution in [3.8, 4) is 0 Å². The number of hydrogen-bond donors (Lipinski definition) is 0. The summed E-state index contributed by atoms with van der Waals surface area (Å²) in [7, 11) is -1.92. The minimum atomic E-state index is -1.92. The van der Waals surface area contributed by atoms with E-state index >= 15 is 0 Å². The maximum Gasteiger partial charge on any atom is 0.285 e. The summed E-state index contributed by atoms with van der Waals surface area (Å²) in [5.41, 5.74) is 0.717. The molecule has 0 radical (unpaired) electrons. The summed E-state index contributed by atoms with van der Waals surface area (Å²) in [5, 5.41) is 4.79. The van der Waals surface area contributed by atoms with Gasteiger partial charge in [-0.1, -0.05) is 66.7 Å². The Labute approximate surface area is 245 Å². The van der Waals surface area contributed by atoms with Gasteiger partial charge in [-0.05, 0) is 48.5 Å². The van der Waals surface area contributed by atoms with Crippen LogP contribution in [0.2, 0.25) is 0 Å². The first-order valence-corrected chi connectivity index (χ1v) is 15.0. The van der Waals surface area contributed by atoms with E-state index in [9.17, 15) is 9.59 Å². The number of carbonyl (C=O) groups excluding carboxylic acids is 2. The zero-order chi connectivity index (χ0) is 26.9.